The van der Waals surface area contributed by atoms with E-state index in [1.54, 1.807) is 11.8 Å². The van der Waals surface area contributed by atoms with Crippen LogP contribution in [-0.4, -0.2) is 90.1 Å². The molecule has 2 saturated heterocycles. The second kappa shape index (κ2) is 11.4. The number of likely N-dealkylation sites (tertiary alicyclic amines) is 1. The SMILES string of the molecule is CCOC(=O)COc1ccc(N2C[C@H](CN[C@H]3CCN(C(=O)OC(C)(C)C)C3)OC2=O)nc1[N+](=O)[O-]. The molecular weight excluding hydrogens is 478 g/mol. The molecule has 0 aliphatic carbocycles. The Labute approximate surface area is 208 Å². The van der Waals surface area contributed by atoms with Crippen molar-refractivity contribution in [2.45, 2.75) is 51.9 Å². The second-order valence-electron chi connectivity index (χ2n) is 9.28. The van der Waals surface area contributed by atoms with Gasteiger partial charge in [0.05, 0.1) is 13.2 Å². The van der Waals surface area contributed by atoms with Crippen molar-refractivity contribution in [2.24, 2.45) is 0 Å². The lowest BCUT2D eigenvalue weighted by Crippen LogP contribution is -2.41. The van der Waals surface area contributed by atoms with Gasteiger partial charge < -0.3 is 39.3 Å². The number of amides is 2. The van der Waals surface area contributed by atoms with Crippen molar-refractivity contribution in [1.82, 2.24) is 15.2 Å². The zero-order chi connectivity index (χ0) is 26.5. The van der Waals surface area contributed by atoms with Crippen LogP contribution in [0.4, 0.5) is 21.2 Å². The number of carbonyl (C=O) groups excluding carboxylic acids is 3. The van der Waals surface area contributed by atoms with Gasteiger partial charge in [-0.2, -0.15) is 0 Å². The molecule has 2 aliphatic heterocycles. The number of hydrogen-bond donors (Lipinski definition) is 1. The van der Waals surface area contributed by atoms with Crippen molar-refractivity contribution in [2.75, 3.05) is 44.3 Å². The van der Waals surface area contributed by atoms with E-state index in [1.165, 1.54) is 17.0 Å². The molecule has 1 N–H and O–H groups in total. The van der Waals surface area contributed by atoms with Crippen LogP contribution in [0, 0.1) is 10.1 Å². The summed E-state index contributed by atoms with van der Waals surface area (Å²) in [5, 5.41) is 14.8. The van der Waals surface area contributed by atoms with E-state index in [1.807, 2.05) is 20.8 Å². The highest BCUT2D eigenvalue weighted by Crippen LogP contribution is 2.29. The van der Waals surface area contributed by atoms with Gasteiger partial charge in [0, 0.05) is 31.7 Å². The van der Waals surface area contributed by atoms with Crippen molar-refractivity contribution in [3.05, 3.63) is 22.2 Å². The highest BCUT2D eigenvalue weighted by atomic mass is 16.6. The minimum Gasteiger partial charge on any atom is -0.474 e. The molecule has 1 aromatic heterocycles. The first-order chi connectivity index (χ1) is 17.0. The van der Waals surface area contributed by atoms with Gasteiger partial charge in [-0.3, -0.25) is 0 Å². The standard InChI is InChI=1S/C22H31N5O9/c1-5-33-18(28)13-34-16-6-7-17(24-19(16)27(31)32)26-12-15(35-21(26)30)10-23-14-8-9-25(11-14)20(29)36-22(2,3)4/h6-7,14-15,23H,5,8-13H2,1-4H3/t14-,15-/m0/s1. The molecule has 0 radical (unpaired) electrons. The van der Waals surface area contributed by atoms with Gasteiger partial charge in [0.1, 0.15) is 11.7 Å². The Bertz CT molecular complexity index is 997. The summed E-state index contributed by atoms with van der Waals surface area (Å²) >= 11 is 0. The molecule has 14 nitrogen and oxygen atoms in total. The highest BCUT2D eigenvalue weighted by molar-refractivity contribution is 5.88. The van der Waals surface area contributed by atoms with Crippen LogP contribution in [0.3, 0.4) is 0 Å². The topological polar surface area (TPSA) is 163 Å². The minimum absolute atomic E-state index is 0.0142. The fourth-order valence-corrected chi connectivity index (χ4v) is 3.69. The number of nitro groups is 1. The average molecular weight is 510 g/mol. The third-order valence-electron chi connectivity index (χ3n) is 5.27. The Hall–Kier alpha value is -3.68. The summed E-state index contributed by atoms with van der Waals surface area (Å²) in [7, 11) is 0. The van der Waals surface area contributed by atoms with Gasteiger partial charge >= 0.3 is 24.0 Å². The monoisotopic (exact) mass is 509 g/mol. The van der Waals surface area contributed by atoms with Gasteiger partial charge in [0.15, 0.2) is 6.61 Å². The van der Waals surface area contributed by atoms with E-state index in [0.717, 1.165) is 6.42 Å². The fourth-order valence-electron chi connectivity index (χ4n) is 3.69. The van der Waals surface area contributed by atoms with E-state index in [4.69, 9.17) is 18.9 Å². The van der Waals surface area contributed by atoms with Crippen molar-refractivity contribution in [1.29, 1.82) is 0 Å². The molecule has 2 atom stereocenters. The predicted molar refractivity (Wildman–Crippen MR) is 125 cm³/mol. The second-order valence-corrected chi connectivity index (χ2v) is 9.28. The van der Waals surface area contributed by atoms with Gasteiger partial charge in [-0.1, -0.05) is 0 Å². The molecule has 0 aromatic carbocycles. The van der Waals surface area contributed by atoms with Gasteiger partial charge in [0.2, 0.25) is 5.75 Å². The van der Waals surface area contributed by atoms with E-state index in [-0.39, 0.29) is 36.9 Å². The summed E-state index contributed by atoms with van der Waals surface area (Å²) < 4.78 is 20.7. The molecule has 198 valence electrons. The lowest BCUT2D eigenvalue weighted by Gasteiger charge is -2.24. The number of pyridine rings is 1. The van der Waals surface area contributed by atoms with Crippen molar-refractivity contribution >= 4 is 29.8 Å². The zero-order valence-corrected chi connectivity index (χ0v) is 20.7. The quantitative estimate of drug-likeness (QED) is 0.224. The maximum absolute atomic E-state index is 12.4. The molecule has 2 aliphatic rings. The number of carbonyl (C=O) groups is 3. The van der Waals surface area contributed by atoms with Gasteiger partial charge in [-0.15, -0.1) is 0 Å². The molecule has 0 unspecified atom stereocenters. The first-order valence-electron chi connectivity index (χ1n) is 11.6. The Morgan fingerprint density at radius 1 is 1.31 bits per heavy atom. The molecule has 0 spiro atoms. The number of cyclic esters (lactones) is 1. The normalized spacial score (nSPS) is 19.7. The number of rotatable bonds is 9. The number of anilines is 1. The highest BCUT2D eigenvalue weighted by Gasteiger charge is 2.37. The van der Waals surface area contributed by atoms with Crippen molar-refractivity contribution in [3.8, 4) is 5.75 Å². The number of aromatic nitrogens is 1. The maximum atomic E-state index is 12.4. The molecule has 0 bridgehead atoms. The zero-order valence-electron chi connectivity index (χ0n) is 20.7. The number of hydrogen-bond acceptors (Lipinski definition) is 11. The summed E-state index contributed by atoms with van der Waals surface area (Å²) in [6, 6.07) is 2.66. The largest absolute Gasteiger partial charge is 0.474 e. The average Bonchev–Trinajstić information content (AvgIpc) is 3.42. The summed E-state index contributed by atoms with van der Waals surface area (Å²) in [4.78, 5) is 53.6. The third-order valence-corrected chi connectivity index (χ3v) is 5.27. The number of nitrogens with zero attached hydrogens (tertiary/aromatic N) is 4. The van der Waals surface area contributed by atoms with Crippen LogP contribution in [0.2, 0.25) is 0 Å². The van der Waals surface area contributed by atoms with Crippen molar-refractivity contribution in [3.63, 3.8) is 0 Å². The van der Waals surface area contributed by atoms with E-state index in [9.17, 15) is 24.5 Å². The molecule has 2 amide bonds. The number of esters is 1. The molecule has 36 heavy (non-hydrogen) atoms. The number of nitrogens with one attached hydrogen (secondary N) is 1. The van der Waals surface area contributed by atoms with Crippen LogP contribution in [0.25, 0.3) is 0 Å². The Morgan fingerprint density at radius 2 is 2.06 bits per heavy atom. The molecule has 3 heterocycles. The molecule has 1 aromatic rings. The van der Waals surface area contributed by atoms with Crippen LogP contribution < -0.4 is 15.0 Å². The predicted octanol–water partition coefficient (Wildman–Crippen LogP) is 1.86. The lowest BCUT2D eigenvalue weighted by molar-refractivity contribution is -0.390. The first kappa shape index (κ1) is 26.9. The smallest absolute Gasteiger partial charge is 0.417 e. The van der Waals surface area contributed by atoms with Crippen LogP contribution in [0.1, 0.15) is 34.1 Å². The fraction of sp³-hybridized carbons (Fsp3) is 0.636. The van der Waals surface area contributed by atoms with Crippen LogP contribution in [-0.2, 0) is 19.0 Å². The summed E-state index contributed by atoms with van der Waals surface area (Å²) in [6.07, 6.45) is -0.850. The maximum Gasteiger partial charge on any atom is 0.417 e. The van der Waals surface area contributed by atoms with E-state index < -0.39 is 41.1 Å². The Kier molecular flexibility index (Phi) is 8.50. The van der Waals surface area contributed by atoms with Crippen LogP contribution in [0.5, 0.6) is 5.75 Å². The first-order valence-corrected chi connectivity index (χ1v) is 11.6. The van der Waals surface area contributed by atoms with E-state index >= 15 is 0 Å². The van der Waals surface area contributed by atoms with Gasteiger partial charge in [0.25, 0.3) is 5.82 Å². The summed E-state index contributed by atoms with van der Waals surface area (Å²) in [5.74, 6) is -1.52. The molecule has 3 rings (SSSR count). The molecule has 2 fully saturated rings. The molecule has 0 saturated carbocycles. The van der Waals surface area contributed by atoms with Crippen molar-refractivity contribution < 1.29 is 38.3 Å². The number of ether oxygens (including phenoxy) is 4. The summed E-state index contributed by atoms with van der Waals surface area (Å²) in [5.41, 5.74) is -0.571. The molecular formula is C22H31N5O9. The minimum atomic E-state index is -0.763. The lowest BCUT2D eigenvalue weighted by atomic mass is 10.2. The summed E-state index contributed by atoms with van der Waals surface area (Å²) in [6.45, 7) is 8.18. The molecule has 14 heteroatoms. The Balaban J connectivity index is 1.55. The van der Waals surface area contributed by atoms with E-state index in [0.29, 0.717) is 19.6 Å². The van der Waals surface area contributed by atoms with Gasteiger partial charge in [-0.25, -0.2) is 19.3 Å². The van der Waals surface area contributed by atoms with Gasteiger partial charge in [-0.05, 0) is 50.1 Å². The van der Waals surface area contributed by atoms with Crippen LogP contribution in [0.15, 0.2) is 12.1 Å². The van der Waals surface area contributed by atoms with E-state index in [2.05, 4.69) is 10.3 Å². The third kappa shape index (κ3) is 7.16. The Morgan fingerprint density at radius 3 is 2.72 bits per heavy atom. The van der Waals surface area contributed by atoms with Crippen LogP contribution >= 0.6 is 0 Å².